The predicted octanol–water partition coefficient (Wildman–Crippen LogP) is 3.74. The summed E-state index contributed by atoms with van der Waals surface area (Å²) in [5, 5.41) is 0.944. The molecule has 0 N–H and O–H groups in total. The molecule has 0 fully saturated rings. The molecule has 2 rings (SSSR count). The lowest BCUT2D eigenvalue weighted by molar-refractivity contribution is 0.0528. The highest BCUT2D eigenvalue weighted by Gasteiger charge is 2.14. The number of nitrogens with zero attached hydrogens (tertiary/aromatic N) is 1. The minimum absolute atomic E-state index is 0.316. The van der Waals surface area contributed by atoms with Gasteiger partial charge in [-0.05, 0) is 37.1 Å². The van der Waals surface area contributed by atoms with Gasteiger partial charge in [0.15, 0.2) is 0 Å². The Morgan fingerprint density at radius 3 is 2.83 bits per heavy atom. The van der Waals surface area contributed by atoms with E-state index >= 15 is 0 Å². The summed E-state index contributed by atoms with van der Waals surface area (Å²) in [6, 6.07) is 5.78. The number of hydrogen-bond donors (Lipinski definition) is 0. The van der Waals surface area contributed by atoms with Crippen molar-refractivity contribution in [3.05, 3.63) is 40.0 Å². The second kappa shape index (κ2) is 5.48. The number of carbonyl (C=O) groups excluding carboxylic acids is 1. The molecule has 94 valence electrons. The van der Waals surface area contributed by atoms with Crippen LogP contribution in [0.3, 0.4) is 0 Å². The molecule has 0 atom stereocenters. The third-order valence-electron chi connectivity index (χ3n) is 2.76. The molecule has 0 saturated heterocycles. The van der Waals surface area contributed by atoms with E-state index in [1.807, 2.05) is 12.1 Å². The van der Waals surface area contributed by atoms with Gasteiger partial charge in [0.25, 0.3) is 0 Å². The summed E-state index contributed by atoms with van der Waals surface area (Å²) < 4.78 is 6.02. The Bertz CT molecular complexity index is 596. The third-order valence-corrected chi connectivity index (χ3v) is 3.45. The normalized spacial score (nSPS) is 10.6. The van der Waals surface area contributed by atoms with E-state index in [1.54, 1.807) is 13.1 Å². The number of benzene rings is 1. The Labute approximate surface area is 114 Å². The molecule has 0 spiro atoms. The molecule has 0 radical (unpaired) electrons. The van der Waals surface area contributed by atoms with Gasteiger partial charge >= 0.3 is 5.97 Å². The van der Waals surface area contributed by atoms with E-state index in [0.29, 0.717) is 17.7 Å². The minimum Gasteiger partial charge on any atom is -0.462 e. The van der Waals surface area contributed by atoms with Crippen LogP contribution >= 0.6 is 15.9 Å². The standard InChI is InChI=1S/C14H14BrNO2/c1-3-9-7-10-12(15)5-6-16-13(10)11(8-9)14(17)18-4-2/h5-8H,3-4H2,1-2H3. The maximum absolute atomic E-state index is 12.0. The maximum atomic E-state index is 12.0. The van der Waals surface area contributed by atoms with Gasteiger partial charge in [0.1, 0.15) is 0 Å². The van der Waals surface area contributed by atoms with Crippen LogP contribution in [0.5, 0.6) is 0 Å². The quantitative estimate of drug-likeness (QED) is 0.811. The fourth-order valence-corrected chi connectivity index (χ4v) is 2.27. The molecule has 0 saturated carbocycles. The number of aryl methyl sites for hydroxylation is 1. The van der Waals surface area contributed by atoms with Crippen LogP contribution in [0.25, 0.3) is 10.9 Å². The summed E-state index contributed by atoms with van der Waals surface area (Å²) >= 11 is 3.49. The van der Waals surface area contributed by atoms with Gasteiger partial charge in [-0.1, -0.05) is 22.9 Å². The first kappa shape index (κ1) is 13.0. The molecule has 1 aromatic carbocycles. The van der Waals surface area contributed by atoms with E-state index in [-0.39, 0.29) is 5.97 Å². The Balaban J connectivity index is 2.70. The van der Waals surface area contributed by atoms with E-state index in [4.69, 9.17) is 4.74 Å². The van der Waals surface area contributed by atoms with Crippen LogP contribution in [0, 0.1) is 0 Å². The number of carbonyl (C=O) groups is 1. The number of aromatic nitrogens is 1. The van der Waals surface area contributed by atoms with E-state index in [1.165, 1.54) is 0 Å². The van der Waals surface area contributed by atoms with Gasteiger partial charge in [-0.15, -0.1) is 0 Å². The Kier molecular flexibility index (Phi) is 3.97. The zero-order valence-corrected chi connectivity index (χ0v) is 12.0. The van der Waals surface area contributed by atoms with Crippen LogP contribution in [0.15, 0.2) is 28.9 Å². The summed E-state index contributed by atoms with van der Waals surface area (Å²) in [6.45, 7) is 4.22. The van der Waals surface area contributed by atoms with Gasteiger partial charge in [0, 0.05) is 16.1 Å². The highest BCUT2D eigenvalue weighted by molar-refractivity contribution is 9.10. The van der Waals surface area contributed by atoms with Crippen molar-refractivity contribution in [3.63, 3.8) is 0 Å². The van der Waals surface area contributed by atoms with Gasteiger partial charge in [-0.25, -0.2) is 4.79 Å². The van der Waals surface area contributed by atoms with Crippen molar-refractivity contribution in [3.8, 4) is 0 Å². The molecule has 0 aliphatic heterocycles. The first-order valence-corrected chi connectivity index (χ1v) is 6.71. The Morgan fingerprint density at radius 2 is 2.17 bits per heavy atom. The molecule has 0 amide bonds. The molecule has 18 heavy (non-hydrogen) atoms. The van der Waals surface area contributed by atoms with E-state index in [9.17, 15) is 4.79 Å². The lowest BCUT2D eigenvalue weighted by atomic mass is 10.0. The predicted molar refractivity (Wildman–Crippen MR) is 74.8 cm³/mol. The Morgan fingerprint density at radius 1 is 1.39 bits per heavy atom. The number of pyridine rings is 1. The van der Waals surface area contributed by atoms with E-state index in [0.717, 1.165) is 21.8 Å². The third kappa shape index (κ3) is 2.38. The van der Waals surface area contributed by atoms with Crippen molar-refractivity contribution >= 4 is 32.8 Å². The van der Waals surface area contributed by atoms with Gasteiger partial charge in [0.05, 0.1) is 17.7 Å². The summed E-state index contributed by atoms with van der Waals surface area (Å²) in [4.78, 5) is 16.3. The number of fused-ring (bicyclic) bond motifs is 1. The van der Waals surface area contributed by atoms with Crippen LogP contribution < -0.4 is 0 Å². The molecule has 4 heteroatoms. The molecule has 0 aliphatic carbocycles. The van der Waals surface area contributed by atoms with Gasteiger partial charge in [0.2, 0.25) is 0 Å². The molecular weight excluding hydrogens is 294 g/mol. The summed E-state index contributed by atoms with van der Waals surface area (Å²) in [6.07, 6.45) is 2.55. The first-order valence-electron chi connectivity index (χ1n) is 5.91. The second-order valence-electron chi connectivity index (χ2n) is 3.91. The summed E-state index contributed by atoms with van der Waals surface area (Å²) in [7, 11) is 0. The molecular formula is C14H14BrNO2. The van der Waals surface area contributed by atoms with Crippen molar-refractivity contribution in [2.45, 2.75) is 20.3 Å². The van der Waals surface area contributed by atoms with Crippen LogP contribution in [-0.4, -0.2) is 17.6 Å². The van der Waals surface area contributed by atoms with Crippen molar-refractivity contribution in [2.24, 2.45) is 0 Å². The number of halogens is 1. The zero-order valence-electron chi connectivity index (χ0n) is 10.4. The molecule has 3 nitrogen and oxygen atoms in total. The minimum atomic E-state index is -0.316. The monoisotopic (exact) mass is 307 g/mol. The number of hydrogen-bond acceptors (Lipinski definition) is 3. The average molecular weight is 308 g/mol. The SMILES string of the molecule is CCOC(=O)c1cc(CC)cc2c(Br)ccnc12. The van der Waals surface area contributed by atoms with Crippen LogP contribution in [0.1, 0.15) is 29.8 Å². The topological polar surface area (TPSA) is 39.2 Å². The maximum Gasteiger partial charge on any atom is 0.340 e. The van der Waals surface area contributed by atoms with Gasteiger partial charge in [-0.2, -0.15) is 0 Å². The highest BCUT2D eigenvalue weighted by atomic mass is 79.9. The number of ether oxygens (including phenoxy) is 1. The van der Waals surface area contributed by atoms with Crippen LogP contribution in [-0.2, 0) is 11.2 Å². The van der Waals surface area contributed by atoms with Crippen molar-refractivity contribution in [2.75, 3.05) is 6.61 Å². The van der Waals surface area contributed by atoms with Crippen LogP contribution in [0.4, 0.5) is 0 Å². The summed E-state index contributed by atoms with van der Waals surface area (Å²) in [5.74, 6) is -0.316. The van der Waals surface area contributed by atoms with Gasteiger partial charge < -0.3 is 4.74 Å². The average Bonchev–Trinajstić information content (AvgIpc) is 2.38. The largest absolute Gasteiger partial charge is 0.462 e. The molecule has 0 unspecified atom stereocenters. The number of esters is 1. The molecule has 1 heterocycles. The molecule has 1 aromatic heterocycles. The summed E-state index contributed by atoms with van der Waals surface area (Å²) in [5.41, 5.74) is 2.31. The lowest BCUT2D eigenvalue weighted by Crippen LogP contribution is -2.07. The van der Waals surface area contributed by atoms with Crippen molar-refractivity contribution in [1.82, 2.24) is 4.98 Å². The fraction of sp³-hybridized carbons (Fsp3) is 0.286. The Hall–Kier alpha value is -1.42. The molecule has 0 bridgehead atoms. The first-order chi connectivity index (χ1) is 8.67. The highest BCUT2D eigenvalue weighted by Crippen LogP contribution is 2.27. The van der Waals surface area contributed by atoms with Crippen LogP contribution in [0.2, 0.25) is 0 Å². The smallest absolute Gasteiger partial charge is 0.340 e. The second-order valence-corrected chi connectivity index (χ2v) is 4.76. The molecule has 0 aliphatic rings. The van der Waals surface area contributed by atoms with E-state index in [2.05, 4.69) is 33.9 Å². The fourth-order valence-electron chi connectivity index (χ4n) is 1.85. The van der Waals surface area contributed by atoms with E-state index < -0.39 is 0 Å². The zero-order chi connectivity index (χ0) is 13.1. The number of rotatable bonds is 3. The van der Waals surface area contributed by atoms with Crippen molar-refractivity contribution in [1.29, 1.82) is 0 Å². The molecule has 2 aromatic rings. The van der Waals surface area contributed by atoms with Crippen molar-refractivity contribution < 1.29 is 9.53 Å². The lowest BCUT2D eigenvalue weighted by Gasteiger charge is -2.09. The van der Waals surface area contributed by atoms with Gasteiger partial charge in [-0.3, -0.25) is 4.98 Å².